The highest BCUT2D eigenvalue weighted by Crippen LogP contribution is 2.31. The molecule has 5 rings (SSSR count). The van der Waals surface area contributed by atoms with Crippen molar-refractivity contribution in [2.24, 2.45) is 0 Å². The number of anilines is 3. The van der Waals surface area contributed by atoms with Gasteiger partial charge in [-0.1, -0.05) is 35.9 Å². The van der Waals surface area contributed by atoms with Gasteiger partial charge in [-0.3, -0.25) is 14.4 Å². The van der Waals surface area contributed by atoms with Crippen LogP contribution in [0.2, 0.25) is 0 Å². The highest BCUT2D eigenvalue weighted by atomic mass is 35.5. The summed E-state index contributed by atoms with van der Waals surface area (Å²) in [5, 5.41) is 5.58. The number of imide groups is 1. The summed E-state index contributed by atoms with van der Waals surface area (Å²) in [6, 6.07) is 28.4. The van der Waals surface area contributed by atoms with Gasteiger partial charge in [-0.05, 0) is 97.8 Å². The number of carbonyl (C=O) groups excluding carboxylic acids is 3. The molecule has 1 aliphatic rings. The van der Waals surface area contributed by atoms with Crippen molar-refractivity contribution in [2.45, 2.75) is 13.8 Å². The highest BCUT2D eigenvalue weighted by molar-refractivity contribution is 6.53. The zero-order valence-electron chi connectivity index (χ0n) is 21.2. The van der Waals surface area contributed by atoms with Crippen molar-refractivity contribution in [1.82, 2.24) is 0 Å². The third kappa shape index (κ3) is 5.68. The molecule has 0 saturated heterocycles. The summed E-state index contributed by atoms with van der Waals surface area (Å²) in [6.45, 7) is 3.78. The topological polar surface area (TPSA) is 87.7 Å². The number of para-hydroxylation sites is 1. The first-order valence-electron chi connectivity index (χ1n) is 12.2. The monoisotopic (exact) mass is 537 g/mol. The van der Waals surface area contributed by atoms with E-state index in [4.69, 9.17) is 16.3 Å². The normalized spacial score (nSPS) is 13.1. The molecule has 194 valence electrons. The third-order valence-corrected chi connectivity index (χ3v) is 6.35. The minimum absolute atomic E-state index is 0.0177. The lowest BCUT2D eigenvalue weighted by atomic mass is 10.1. The quantitative estimate of drug-likeness (QED) is 0.254. The number of nitrogens with zero attached hydrogens (tertiary/aromatic N) is 1. The largest absolute Gasteiger partial charge is 0.457 e. The average Bonchev–Trinajstić information content (AvgIpc) is 3.13. The van der Waals surface area contributed by atoms with Gasteiger partial charge in [-0.2, -0.15) is 0 Å². The molecule has 0 aromatic heterocycles. The van der Waals surface area contributed by atoms with Gasteiger partial charge in [0.2, 0.25) is 0 Å². The van der Waals surface area contributed by atoms with Gasteiger partial charge in [-0.15, -0.1) is 0 Å². The molecule has 39 heavy (non-hydrogen) atoms. The summed E-state index contributed by atoms with van der Waals surface area (Å²) in [6.07, 6.45) is 0. The molecule has 0 spiro atoms. The van der Waals surface area contributed by atoms with E-state index in [9.17, 15) is 14.4 Å². The first kappa shape index (κ1) is 25.8. The molecular weight excluding hydrogens is 514 g/mol. The molecule has 0 atom stereocenters. The molecule has 4 aromatic carbocycles. The Balaban J connectivity index is 1.23. The van der Waals surface area contributed by atoms with Crippen LogP contribution in [0.1, 0.15) is 21.5 Å². The van der Waals surface area contributed by atoms with Crippen LogP contribution in [0, 0.1) is 13.8 Å². The third-order valence-electron chi connectivity index (χ3n) is 6.00. The zero-order valence-corrected chi connectivity index (χ0v) is 22.0. The first-order valence-corrected chi connectivity index (χ1v) is 12.5. The number of rotatable bonds is 7. The molecule has 0 aliphatic carbocycles. The Morgan fingerprint density at radius 3 is 1.97 bits per heavy atom. The number of aryl methyl sites for hydroxylation is 2. The Kier molecular flexibility index (Phi) is 7.17. The SMILES string of the molecule is Cc1cc(C)cc(N2C(=O)C(Cl)=C(Nc3ccc(C(=O)Nc4ccc(Oc5ccccc5)cc4)cc3)C2=O)c1. The standard InChI is InChI=1S/C31H24ClN3O4/c1-19-16-20(2)18-24(17-19)35-30(37)27(32)28(31(35)38)33-22-10-8-21(9-11-22)29(36)34-23-12-14-26(15-13-23)39-25-6-4-3-5-7-25/h3-18,33H,1-2H3,(H,34,36). The van der Waals surface area contributed by atoms with Crippen LogP contribution >= 0.6 is 11.6 Å². The van der Waals surface area contributed by atoms with Crippen LogP contribution in [0.5, 0.6) is 11.5 Å². The smallest absolute Gasteiger partial charge is 0.283 e. The molecule has 0 fully saturated rings. The van der Waals surface area contributed by atoms with Crippen LogP contribution in [0.3, 0.4) is 0 Å². The van der Waals surface area contributed by atoms with E-state index < -0.39 is 11.8 Å². The highest BCUT2D eigenvalue weighted by Gasteiger charge is 2.39. The van der Waals surface area contributed by atoms with Gasteiger partial charge in [0.25, 0.3) is 17.7 Å². The van der Waals surface area contributed by atoms with Crippen molar-refractivity contribution in [3.63, 3.8) is 0 Å². The van der Waals surface area contributed by atoms with Crippen molar-refractivity contribution >= 4 is 46.4 Å². The second kappa shape index (κ2) is 10.8. The number of hydrogen-bond donors (Lipinski definition) is 2. The van der Waals surface area contributed by atoms with Crippen LogP contribution < -0.4 is 20.3 Å². The van der Waals surface area contributed by atoms with E-state index in [0.717, 1.165) is 21.8 Å². The van der Waals surface area contributed by atoms with Gasteiger partial charge in [0.15, 0.2) is 0 Å². The molecule has 0 unspecified atom stereocenters. The molecule has 7 nitrogen and oxygen atoms in total. The van der Waals surface area contributed by atoms with Crippen molar-refractivity contribution in [1.29, 1.82) is 0 Å². The number of hydrogen-bond acceptors (Lipinski definition) is 5. The Labute approximate surface area is 230 Å². The summed E-state index contributed by atoms with van der Waals surface area (Å²) < 4.78 is 5.77. The maximum Gasteiger partial charge on any atom is 0.283 e. The van der Waals surface area contributed by atoms with Gasteiger partial charge >= 0.3 is 0 Å². The zero-order chi connectivity index (χ0) is 27.5. The molecule has 8 heteroatoms. The van der Waals surface area contributed by atoms with Gasteiger partial charge in [0, 0.05) is 16.9 Å². The van der Waals surface area contributed by atoms with E-state index >= 15 is 0 Å². The Morgan fingerprint density at radius 2 is 1.33 bits per heavy atom. The molecule has 4 aromatic rings. The van der Waals surface area contributed by atoms with E-state index in [1.807, 2.05) is 50.2 Å². The van der Waals surface area contributed by atoms with Crippen molar-refractivity contribution < 1.29 is 19.1 Å². The molecular formula is C31H24ClN3O4. The minimum atomic E-state index is -0.592. The minimum Gasteiger partial charge on any atom is -0.457 e. The fourth-order valence-corrected chi connectivity index (χ4v) is 4.42. The lowest BCUT2D eigenvalue weighted by molar-refractivity contribution is -0.120. The Morgan fingerprint density at radius 1 is 0.744 bits per heavy atom. The van der Waals surface area contributed by atoms with Gasteiger partial charge in [-0.25, -0.2) is 4.90 Å². The van der Waals surface area contributed by atoms with E-state index in [1.54, 1.807) is 60.7 Å². The molecule has 1 aliphatic heterocycles. The van der Waals surface area contributed by atoms with Crippen molar-refractivity contribution in [3.8, 4) is 11.5 Å². The van der Waals surface area contributed by atoms with E-state index in [2.05, 4.69) is 10.6 Å². The summed E-state index contributed by atoms with van der Waals surface area (Å²) in [5.41, 5.74) is 3.82. The van der Waals surface area contributed by atoms with Gasteiger partial charge in [0.05, 0.1) is 5.69 Å². The Bertz CT molecular complexity index is 1580. The summed E-state index contributed by atoms with van der Waals surface area (Å²) in [7, 11) is 0. The van der Waals surface area contributed by atoms with Crippen LogP contribution in [0.4, 0.5) is 17.1 Å². The first-order chi connectivity index (χ1) is 18.8. The number of carbonyl (C=O) groups is 3. The summed E-state index contributed by atoms with van der Waals surface area (Å²) in [5.74, 6) is -0.0641. The number of amides is 3. The van der Waals surface area contributed by atoms with Crippen LogP contribution in [0.25, 0.3) is 0 Å². The average molecular weight is 538 g/mol. The fourth-order valence-electron chi connectivity index (χ4n) is 4.21. The predicted octanol–water partition coefficient (Wildman–Crippen LogP) is 6.78. The number of benzene rings is 4. The molecule has 0 bridgehead atoms. The lowest BCUT2D eigenvalue weighted by Crippen LogP contribution is -2.32. The molecule has 0 radical (unpaired) electrons. The molecule has 2 N–H and O–H groups in total. The predicted molar refractivity (Wildman–Crippen MR) is 152 cm³/mol. The summed E-state index contributed by atoms with van der Waals surface area (Å²) >= 11 is 6.26. The maximum absolute atomic E-state index is 13.1. The molecule has 1 heterocycles. The van der Waals surface area contributed by atoms with E-state index in [1.165, 1.54) is 0 Å². The number of ether oxygens (including phenoxy) is 1. The van der Waals surface area contributed by atoms with Gasteiger partial charge < -0.3 is 15.4 Å². The lowest BCUT2D eigenvalue weighted by Gasteiger charge is -2.16. The second-order valence-electron chi connectivity index (χ2n) is 9.08. The van der Waals surface area contributed by atoms with E-state index in [-0.39, 0.29) is 16.6 Å². The molecule has 0 saturated carbocycles. The van der Waals surface area contributed by atoms with E-state index in [0.29, 0.717) is 28.4 Å². The van der Waals surface area contributed by atoms with Crippen LogP contribution in [-0.4, -0.2) is 17.7 Å². The fraction of sp³-hybridized carbons (Fsp3) is 0.0645. The van der Waals surface area contributed by atoms with Crippen molar-refractivity contribution in [3.05, 3.63) is 124 Å². The number of nitrogens with one attached hydrogen (secondary N) is 2. The van der Waals surface area contributed by atoms with Crippen LogP contribution in [-0.2, 0) is 9.59 Å². The van der Waals surface area contributed by atoms with Gasteiger partial charge in [0.1, 0.15) is 22.2 Å². The molecule has 3 amide bonds. The second-order valence-corrected chi connectivity index (χ2v) is 9.45. The number of halogens is 1. The summed E-state index contributed by atoms with van der Waals surface area (Å²) in [4.78, 5) is 39.7. The Hall–Kier alpha value is -4.88. The van der Waals surface area contributed by atoms with Crippen molar-refractivity contribution in [2.75, 3.05) is 15.5 Å². The maximum atomic E-state index is 13.1. The van der Waals surface area contributed by atoms with Crippen LogP contribution in [0.15, 0.2) is 108 Å².